The van der Waals surface area contributed by atoms with Gasteiger partial charge in [-0.15, -0.1) is 0 Å². The van der Waals surface area contributed by atoms with Gasteiger partial charge in [0, 0.05) is 33.4 Å². The molecular weight excluding hydrogens is 190 g/mol. The molecule has 0 amide bonds. The lowest BCUT2D eigenvalue weighted by Gasteiger charge is -2.11. The third-order valence-corrected chi connectivity index (χ3v) is 2.04. The average Bonchev–Trinajstić information content (AvgIpc) is 2.18. The summed E-state index contributed by atoms with van der Waals surface area (Å²) in [5.74, 6) is 0.953. The number of anilines is 1. The van der Waals surface area contributed by atoms with Crippen molar-refractivity contribution in [2.75, 3.05) is 25.5 Å². The minimum absolute atomic E-state index is 0.306. The molecule has 0 radical (unpaired) electrons. The van der Waals surface area contributed by atoms with Crippen molar-refractivity contribution < 1.29 is 5.11 Å². The van der Waals surface area contributed by atoms with Gasteiger partial charge in [-0.25, -0.2) is 4.98 Å². The van der Waals surface area contributed by atoms with Gasteiger partial charge in [-0.1, -0.05) is 6.07 Å². The monoisotopic (exact) mass is 209 g/mol. The molecule has 0 aliphatic heterocycles. The largest absolute Gasteiger partial charge is 0.392 e. The van der Waals surface area contributed by atoms with Gasteiger partial charge >= 0.3 is 0 Å². The van der Waals surface area contributed by atoms with Crippen LogP contribution in [0.25, 0.3) is 0 Å². The number of pyridine rings is 1. The number of rotatable bonds is 5. The number of aliphatic hydroxyl groups excluding tert-OH is 1. The summed E-state index contributed by atoms with van der Waals surface area (Å²) in [6.07, 6.45) is 1.55. The molecule has 84 valence electrons. The van der Waals surface area contributed by atoms with Crippen molar-refractivity contribution in [1.82, 2.24) is 10.3 Å². The molecule has 0 bridgehead atoms. The number of aromatic nitrogens is 1. The van der Waals surface area contributed by atoms with Crippen LogP contribution >= 0.6 is 0 Å². The molecule has 0 fully saturated rings. The molecule has 0 aliphatic rings. The van der Waals surface area contributed by atoms with E-state index in [-0.39, 0.29) is 6.10 Å². The van der Waals surface area contributed by atoms with E-state index in [9.17, 15) is 0 Å². The second kappa shape index (κ2) is 5.68. The van der Waals surface area contributed by atoms with Crippen LogP contribution in [0.1, 0.15) is 12.5 Å². The highest BCUT2D eigenvalue weighted by Crippen LogP contribution is 2.07. The highest BCUT2D eigenvalue weighted by molar-refractivity contribution is 5.37. The topological polar surface area (TPSA) is 48.4 Å². The van der Waals surface area contributed by atoms with E-state index < -0.39 is 0 Å². The maximum absolute atomic E-state index is 9.06. The predicted molar refractivity (Wildman–Crippen MR) is 62.0 cm³/mol. The Bertz CT molecular complexity index is 282. The molecule has 0 aromatic carbocycles. The first-order valence-electron chi connectivity index (χ1n) is 5.10. The van der Waals surface area contributed by atoms with Crippen molar-refractivity contribution in [3.63, 3.8) is 0 Å². The predicted octanol–water partition coefficient (Wildman–Crippen LogP) is 0.618. The SMILES string of the molecule is CC(O)CNCc1ccc(N(C)C)nc1. The van der Waals surface area contributed by atoms with E-state index in [1.54, 1.807) is 6.92 Å². The van der Waals surface area contributed by atoms with Crippen molar-refractivity contribution in [3.05, 3.63) is 23.9 Å². The van der Waals surface area contributed by atoms with Crippen LogP contribution in [0.4, 0.5) is 5.82 Å². The first kappa shape index (κ1) is 11.9. The van der Waals surface area contributed by atoms with Crippen LogP contribution in [0.3, 0.4) is 0 Å². The van der Waals surface area contributed by atoms with Crippen LogP contribution in [0.5, 0.6) is 0 Å². The molecule has 1 unspecified atom stereocenters. The van der Waals surface area contributed by atoms with E-state index in [4.69, 9.17) is 5.11 Å². The van der Waals surface area contributed by atoms with Crippen LogP contribution in [0.2, 0.25) is 0 Å². The quantitative estimate of drug-likeness (QED) is 0.746. The van der Waals surface area contributed by atoms with E-state index >= 15 is 0 Å². The molecule has 2 N–H and O–H groups in total. The molecule has 1 atom stereocenters. The van der Waals surface area contributed by atoms with E-state index in [1.165, 1.54) is 0 Å². The molecule has 4 heteroatoms. The number of hydrogen-bond acceptors (Lipinski definition) is 4. The van der Waals surface area contributed by atoms with Gasteiger partial charge in [0.1, 0.15) is 5.82 Å². The third kappa shape index (κ3) is 4.27. The Labute approximate surface area is 90.9 Å². The number of hydrogen-bond donors (Lipinski definition) is 2. The summed E-state index contributed by atoms with van der Waals surface area (Å²) in [7, 11) is 3.93. The molecule has 1 aromatic rings. The maximum Gasteiger partial charge on any atom is 0.127 e. The van der Waals surface area contributed by atoms with Gasteiger partial charge in [-0.05, 0) is 18.6 Å². The zero-order chi connectivity index (χ0) is 11.3. The van der Waals surface area contributed by atoms with Gasteiger partial charge in [-0.3, -0.25) is 0 Å². The van der Waals surface area contributed by atoms with Crippen molar-refractivity contribution in [2.24, 2.45) is 0 Å². The minimum Gasteiger partial charge on any atom is -0.392 e. The summed E-state index contributed by atoms with van der Waals surface area (Å²) in [6.45, 7) is 3.11. The second-order valence-electron chi connectivity index (χ2n) is 3.90. The number of aliphatic hydroxyl groups is 1. The van der Waals surface area contributed by atoms with Crippen molar-refractivity contribution in [2.45, 2.75) is 19.6 Å². The smallest absolute Gasteiger partial charge is 0.127 e. The highest BCUT2D eigenvalue weighted by atomic mass is 16.3. The van der Waals surface area contributed by atoms with Crippen molar-refractivity contribution in [3.8, 4) is 0 Å². The molecule has 0 saturated carbocycles. The minimum atomic E-state index is -0.306. The zero-order valence-corrected chi connectivity index (χ0v) is 9.57. The van der Waals surface area contributed by atoms with Gasteiger partial charge in [-0.2, -0.15) is 0 Å². The van der Waals surface area contributed by atoms with E-state index in [0.29, 0.717) is 6.54 Å². The normalized spacial score (nSPS) is 12.5. The molecule has 0 spiro atoms. The van der Waals surface area contributed by atoms with Gasteiger partial charge in [0.25, 0.3) is 0 Å². The Kier molecular flexibility index (Phi) is 4.52. The van der Waals surface area contributed by atoms with Crippen LogP contribution in [0, 0.1) is 0 Å². The molecular formula is C11H19N3O. The molecule has 4 nitrogen and oxygen atoms in total. The van der Waals surface area contributed by atoms with E-state index in [2.05, 4.69) is 10.3 Å². The van der Waals surface area contributed by atoms with Crippen LogP contribution in [-0.4, -0.2) is 36.8 Å². The summed E-state index contributed by atoms with van der Waals surface area (Å²) >= 11 is 0. The summed E-state index contributed by atoms with van der Waals surface area (Å²) in [5.41, 5.74) is 1.13. The first-order valence-corrected chi connectivity index (χ1v) is 5.10. The summed E-state index contributed by atoms with van der Waals surface area (Å²) in [6, 6.07) is 4.02. The molecule has 15 heavy (non-hydrogen) atoms. The van der Waals surface area contributed by atoms with Crippen LogP contribution in [0.15, 0.2) is 18.3 Å². The zero-order valence-electron chi connectivity index (χ0n) is 9.57. The lowest BCUT2D eigenvalue weighted by molar-refractivity contribution is 0.191. The Balaban J connectivity index is 2.43. The van der Waals surface area contributed by atoms with E-state index in [1.807, 2.05) is 37.3 Å². The lowest BCUT2D eigenvalue weighted by Crippen LogP contribution is -2.23. The third-order valence-electron chi connectivity index (χ3n) is 2.04. The van der Waals surface area contributed by atoms with Crippen LogP contribution in [-0.2, 0) is 6.54 Å². The summed E-state index contributed by atoms with van der Waals surface area (Å²) < 4.78 is 0. The van der Waals surface area contributed by atoms with Gasteiger partial charge in [0.2, 0.25) is 0 Å². The number of nitrogens with zero attached hydrogens (tertiary/aromatic N) is 2. The Morgan fingerprint density at radius 1 is 1.47 bits per heavy atom. The summed E-state index contributed by atoms with van der Waals surface area (Å²) in [4.78, 5) is 6.26. The lowest BCUT2D eigenvalue weighted by atomic mass is 10.2. The van der Waals surface area contributed by atoms with Gasteiger partial charge in [0.05, 0.1) is 6.10 Å². The van der Waals surface area contributed by atoms with Crippen molar-refractivity contribution >= 4 is 5.82 Å². The highest BCUT2D eigenvalue weighted by Gasteiger charge is 1.98. The van der Waals surface area contributed by atoms with Gasteiger partial charge in [0.15, 0.2) is 0 Å². The maximum atomic E-state index is 9.06. The Hall–Kier alpha value is -1.13. The van der Waals surface area contributed by atoms with Gasteiger partial charge < -0.3 is 15.3 Å². The molecule has 0 aliphatic carbocycles. The summed E-state index contributed by atoms with van der Waals surface area (Å²) in [5, 5.41) is 12.2. The fourth-order valence-electron chi connectivity index (χ4n) is 1.21. The van der Waals surface area contributed by atoms with E-state index in [0.717, 1.165) is 17.9 Å². The molecule has 0 saturated heterocycles. The second-order valence-corrected chi connectivity index (χ2v) is 3.90. The standard InChI is InChI=1S/C11H19N3O/c1-9(15)6-12-7-10-4-5-11(13-8-10)14(2)3/h4-5,8-9,12,15H,6-7H2,1-3H3. The molecule has 1 heterocycles. The Morgan fingerprint density at radius 3 is 2.67 bits per heavy atom. The average molecular weight is 209 g/mol. The fraction of sp³-hybridized carbons (Fsp3) is 0.545. The fourth-order valence-corrected chi connectivity index (χ4v) is 1.21. The first-order chi connectivity index (χ1) is 7.09. The molecule has 1 rings (SSSR count). The number of nitrogens with one attached hydrogen (secondary N) is 1. The molecule has 1 aromatic heterocycles. The Morgan fingerprint density at radius 2 is 2.20 bits per heavy atom. The van der Waals surface area contributed by atoms with Crippen molar-refractivity contribution in [1.29, 1.82) is 0 Å². The van der Waals surface area contributed by atoms with Crippen LogP contribution < -0.4 is 10.2 Å².